The molecule has 0 radical (unpaired) electrons. The first-order chi connectivity index (χ1) is 10.2. The molecule has 3 rings (SSSR count). The van der Waals surface area contributed by atoms with Crippen LogP contribution in [0.4, 0.5) is 5.82 Å². The average molecular weight is 288 g/mol. The summed E-state index contributed by atoms with van der Waals surface area (Å²) in [5.41, 5.74) is 2.71. The average Bonchev–Trinajstić information content (AvgIpc) is 2.93. The Morgan fingerprint density at radius 3 is 2.81 bits per heavy atom. The maximum Gasteiger partial charge on any atom is 0.135 e. The van der Waals surface area contributed by atoms with Crippen LogP contribution in [0.5, 0.6) is 0 Å². The number of likely N-dealkylation sites (tertiary alicyclic amines) is 1. The molecule has 0 amide bonds. The number of rotatable bonds is 4. The molecule has 2 aliphatic rings. The van der Waals surface area contributed by atoms with Crippen molar-refractivity contribution >= 4 is 5.82 Å². The summed E-state index contributed by atoms with van der Waals surface area (Å²) in [6.07, 6.45) is 7.50. The van der Waals surface area contributed by atoms with Gasteiger partial charge in [-0.2, -0.15) is 0 Å². The molecule has 21 heavy (non-hydrogen) atoms. The molecule has 0 aromatic carbocycles. The van der Waals surface area contributed by atoms with Gasteiger partial charge in [-0.15, -0.1) is 0 Å². The number of aromatic nitrogens is 2. The van der Waals surface area contributed by atoms with E-state index in [0.717, 1.165) is 25.2 Å². The van der Waals surface area contributed by atoms with Crippen LogP contribution in [0.15, 0.2) is 0 Å². The maximum atomic E-state index is 4.78. The molecule has 1 fully saturated rings. The molecule has 4 nitrogen and oxygen atoms in total. The van der Waals surface area contributed by atoms with Gasteiger partial charge in [0.2, 0.25) is 0 Å². The van der Waals surface area contributed by atoms with Crippen LogP contribution in [0.25, 0.3) is 0 Å². The predicted molar refractivity (Wildman–Crippen MR) is 87.0 cm³/mol. The highest BCUT2D eigenvalue weighted by Crippen LogP contribution is 2.28. The first-order valence-electron chi connectivity index (χ1n) is 8.50. The van der Waals surface area contributed by atoms with Gasteiger partial charge in [0.1, 0.15) is 11.6 Å². The molecule has 0 saturated carbocycles. The molecule has 0 N–H and O–H groups in total. The topological polar surface area (TPSA) is 32.3 Å². The maximum absolute atomic E-state index is 4.78. The lowest BCUT2D eigenvalue weighted by atomic mass is 9.96. The number of likely N-dealkylation sites (N-methyl/N-ethyl adjacent to an activating group) is 2. The molecule has 0 bridgehead atoms. The highest BCUT2D eigenvalue weighted by Gasteiger charge is 2.26. The minimum absolute atomic E-state index is 0.689. The molecule has 1 aromatic heterocycles. The number of hydrogen-bond acceptors (Lipinski definition) is 4. The summed E-state index contributed by atoms with van der Waals surface area (Å²) in [5, 5.41) is 0. The van der Waals surface area contributed by atoms with Crippen molar-refractivity contribution in [2.75, 3.05) is 31.6 Å². The molecular weight excluding hydrogens is 260 g/mol. The van der Waals surface area contributed by atoms with Gasteiger partial charge in [-0.1, -0.05) is 6.92 Å². The summed E-state index contributed by atoms with van der Waals surface area (Å²) in [7, 11) is 2.21. The van der Waals surface area contributed by atoms with Crippen LogP contribution in [0.1, 0.15) is 49.7 Å². The molecule has 0 spiro atoms. The molecule has 2 heterocycles. The normalized spacial score (nSPS) is 22.3. The minimum Gasteiger partial charge on any atom is -0.358 e. The summed E-state index contributed by atoms with van der Waals surface area (Å²) < 4.78 is 0. The molecule has 1 atom stereocenters. The molecular formula is C17H28N4. The number of nitrogens with zero attached hydrogens (tertiary/aromatic N) is 4. The summed E-state index contributed by atoms with van der Waals surface area (Å²) in [6, 6.07) is 0.689. The van der Waals surface area contributed by atoms with E-state index in [1.165, 1.54) is 55.8 Å². The number of hydrogen-bond donors (Lipinski definition) is 0. The first-order valence-corrected chi connectivity index (χ1v) is 8.50. The van der Waals surface area contributed by atoms with Crippen molar-refractivity contribution in [3.8, 4) is 0 Å². The Morgan fingerprint density at radius 2 is 2.00 bits per heavy atom. The van der Waals surface area contributed by atoms with E-state index in [1.807, 2.05) is 6.92 Å². The van der Waals surface area contributed by atoms with E-state index >= 15 is 0 Å². The molecule has 1 saturated heterocycles. The second kappa shape index (κ2) is 6.30. The van der Waals surface area contributed by atoms with Crippen molar-refractivity contribution in [3.05, 3.63) is 17.1 Å². The third-order valence-electron chi connectivity index (χ3n) is 5.02. The summed E-state index contributed by atoms with van der Waals surface area (Å²) >= 11 is 0. The number of aryl methyl sites for hydroxylation is 2. The Morgan fingerprint density at radius 1 is 1.19 bits per heavy atom. The van der Waals surface area contributed by atoms with Crippen LogP contribution in [0, 0.1) is 6.92 Å². The van der Waals surface area contributed by atoms with Gasteiger partial charge in [-0.3, -0.25) is 4.90 Å². The zero-order valence-electron chi connectivity index (χ0n) is 13.7. The molecule has 1 unspecified atom stereocenters. The van der Waals surface area contributed by atoms with E-state index in [-0.39, 0.29) is 0 Å². The lowest BCUT2D eigenvalue weighted by molar-refractivity contribution is 0.270. The third kappa shape index (κ3) is 3.05. The zero-order valence-corrected chi connectivity index (χ0v) is 13.7. The Balaban J connectivity index is 1.81. The van der Waals surface area contributed by atoms with Crippen LogP contribution >= 0.6 is 0 Å². The van der Waals surface area contributed by atoms with Gasteiger partial charge in [-0.05, 0) is 58.5 Å². The van der Waals surface area contributed by atoms with Crippen LogP contribution in [-0.2, 0) is 12.8 Å². The fourth-order valence-electron chi connectivity index (χ4n) is 3.93. The van der Waals surface area contributed by atoms with E-state index in [1.54, 1.807) is 0 Å². The number of anilines is 1. The van der Waals surface area contributed by atoms with E-state index in [2.05, 4.69) is 28.8 Å². The molecule has 4 heteroatoms. The van der Waals surface area contributed by atoms with E-state index in [9.17, 15) is 0 Å². The predicted octanol–water partition coefficient (Wildman–Crippen LogP) is 2.58. The lowest BCUT2D eigenvalue weighted by Crippen LogP contribution is -2.39. The quantitative estimate of drug-likeness (QED) is 0.852. The third-order valence-corrected chi connectivity index (χ3v) is 5.02. The molecule has 1 aromatic rings. The van der Waals surface area contributed by atoms with E-state index in [0.29, 0.717) is 6.04 Å². The van der Waals surface area contributed by atoms with Crippen molar-refractivity contribution in [2.24, 2.45) is 0 Å². The second-order valence-corrected chi connectivity index (χ2v) is 6.53. The summed E-state index contributed by atoms with van der Waals surface area (Å²) in [6.45, 7) is 7.82. The fourth-order valence-corrected chi connectivity index (χ4v) is 3.93. The monoisotopic (exact) mass is 288 g/mol. The minimum atomic E-state index is 0.689. The molecule has 1 aliphatic carbocycles. The Kier molecular flexibility index (Phi) is 4.43. The van der Waals surface area contributed by atoms with Gasteiger partial charge in [0.05, 0.1) is 0 Å². The van der Waals surface area contributed by atoms with Crippen molar-refractivity contribution in [1.29, 1.82) is 0 Å². The Labute approximate surface area is 128 Å². The van der Waals surface area contributed by atoms with Gasteiger partial charge in [0.15, 0.2) is 0 Å². The lowest BCUT2D eigenvalue weighted by Gasteiger charge is -2.30. The van der Waals surface area contributed by atoms with Crippen LogP contribution < -0.4 is 4.90 Å². The SMILES string of the molecule is CCN1CCCC1CN(C)c1nc(C)nc2c1CCCC2. The van der Waals surface area contributed by atoms with Gasteiger partial charge in [-0.25, -0.2) is 9.97 Å². The second-order valence-electron chi connectivity index (χ2n) is 6.53. The smallest absolute Gasteiger partial charge is 0.135 e. The highest BCUT2D eigenvalue weighted by atomic mass is 15.2. The molecule has 116 valence electrons. The Bertz CT molecular complexity index is 500. The zero-order chi connectivity index (χ0) is 14.8. The van der Waals surface area contributed by atoms with Gasteiger partial charge in [0.25, 0.3) is 0 Å². The highest BCUT2D eigenvalue weighted by molar-refractivity contribution is 5.50. The number of fused-ring (bicyclic) bond motifs is 1. The van der Waals surface area contributed by atoms with Crippen LogP contribution in [0.3, 0.4) is 0 Å². The standard InChI is InChI=1S/C17H28N4/c1-4-21-11-7-8-14(21)12-20(3)17-15-9-5-6-10-16(15)18-13(2)19-17/h14H,4-12H2,1-3H3. The fraction of sp³-hybridized carbons (Fsp3) is 0.765. The van der Waals surface area contributed by atoms with Crippen molar-refractivity contribution in [1.82, 2.24) is 14.9 Å². The van der Waals surface area contributed by atoms with E-state index < -0.39 is 0 Å². The summed E-state index contributed by atoms with van der Waals surface area (Å²) in [5.74, 6) is 2.12. The van der Waals surface area contributed by atoms with Crippen molar-refractivity contribution in [2.45, 2.75) is 58.4 Å². The van der Waals surface area contributed by atoms with E-state index in [4.69, 9.17) is 4.98 Å². The Hall–Kier alpha value is -1.16. The van der Waals surface area contributed by atoms with Crippen molar-refractivity contribution < 1.29 is 0 Å². The van der Waals surface area contributed by atoms with Crippen LogP contribution in [-0.4, -0.2) is 47.6 Å². The van der Waals surface area contributed by atoms with Crippen LogP contribution in [0.2, 0.25) is 0 Å². The van der Waals surface area contributed by atoms with Gasteiger partial charge >= 0.3 is 0 Å². The largest absolute Gasteiger partial charge is 0.358 e. The van der Waals surface area contributed by atoms with Gasteiger partial charge < -0.3 is 4.90 Å². The van der Waals surface area contributed by atoms with Crippen molar-refractivity contribution in [3.63, 3.8) is 0 Å². The molecule has 1 aliphatic heterocycles. The first kappa shape index (κ1) is 14.8. The summed E-state index contributed by atoms with van der Waals surface area (Å²) in [4.78, 5) is 14.4. The van der Waals surface area contributed by atoms with Gasteiger partial charge in [0, 0.05) is 30.9 Å².